The van der Waals surface area contributed by atoms with Crippen LogP contribution in [0.15, 0.2) is 308 Å². The van der Waals surface area contributed by atoms with Gasteiger partial charge in [0.2, 0.25) is 0 Å². The number of benzene rings is 12. The minimum Gasteiger partial charge on any atom is -0.334 e. The highest BCUT2D eigenvalue weighted by atomic mass is 15.2. The van der Waals surface area contributed by atoms with Gasteiger partial charge < -0.3 is 9.80 Å². The lowest BCUT2D eigenvalue weighted by Crippen LogP contribution is -2.41. The molecule has 3 unspecified atom stereocenters. The fourth-order valence-corrected chi connectivity index (χ4v) is 17.8. The number of hydrogen-bond donors (Lipinski definition) is 0. The number of para-hydroxylation sites is 4. The average Bonchev–Trinajstić information content (AvgIpc) is 1.47. The van der Waals surface area contributed by atoms with Crippen molar-refractivity contribution in [2.45, 2.75) is 61.8 Å². The second-order valence-electron chi connectivity index (χ2n) is 26.2. The average molecular weight is 1180 g/mol. The topological polar surface area (TPSA) is 6.48 Å². The van der Waals surface area contributed by atoms with Gasteiger partial charge in [0.15, 0.2) is 0 Å². The molecule has 92 heavy (non-hydrogen) atoms. The van der Waals surface area contributed by atoms with E-state index in [9.17, 15) is 0 Å². The quantitative estimate of drug-likeness (QED) is 0.150. The Morgan fingerprint density at radius 1 is 0.337 bits per heavy atom. The van der Waals surface area contributed by atoms with Crippen LogP contribution in [0.3, 0.4) is 0 Å². The maximum atomic E-state index is 2.69. The van der Waals surface area contributed by atoms with Crippen LogP contribution in [0.25, 0.3) is 67.4 Å². The molecule has 0 saturated carbocycles. The van der Waals surface area contributed by atoms with Crippen molar-refractivity contribution in [2.24, 2.45) is 0 Å². The van der Waals surface area contributed by atoms with E-state index in [4.69, 9.17) is 0 Å². The van der Waals surface area contributed by atoms with Gasteiger partial charge in [-0.25, -0.2) is 0 Å². The fraction of sp³-hybridized carbons (Fsp3) is 0.111. The van der Waals surface area contributed by atoms with Crippen molar-refractivity contribution in [2.75, 3.05) is 9.80 Å². The number of hydrogen-bond acceptors (Lipinski definition) is 2. The molecule has 5 aliphatic carbocycles. The monoisotopic (exact) mass is 1170 g/mol. The van der Waals surface area contributed by atoms with Crippen LogP contribution in [-0.4, -0.2) is 6.04 Å². The molecule has 2 heteroatoms. The molecule has 2 aliphatic heterocycles. The smallest absolute Gasteiger partial charge is 0.0710 e. The van der Waals surface area contributed by atoms with Crippen LogP contribution in [0.5, 0.6) is 0 Å². The lowest BCUT2D eigenvalue weighted by Gasteiger charge is -2.39. The Labute approximate surface area is 538 Å². The van der Waals surface area contributed by atoms with Gasteiger partial charge in [0.05, 0.1) is 16.9 Å². The molecule has 0 aromatic heterocycles. The van der Waals surface area contributed by atoms with Gasteiger partial charge >= 0.3 is 0 Å². The van der Waals surface area contributed by atoms with E-state index < -0.39 is 10.8 Å². The highest BCUT2D eigenvalue weighted by Gasteiger charge is 2.49. The summed E-state index contributed by atoms with van der Waals surface area (Å²) >= 11 is 0. The van der Waals surface area contributed by atoms with E-state index in [1.165, 1.54) is 155 Å². The summed E-state index contributed by atoms with van der Waals surface area (Å²) in [5.41, 5.74) is 31.3. The van der Waals surface area contributed by atoms with Gasteiger partial charge in [-0.2, -0.15) is 0 Å². The van der Waals surface area contributed by atoms with E-state index in [1.54, 1.807) is 0 Å². The second-order valence-corrected chi connectivity index (χ2v) is 26.2. The van der Waals surface area contributed by atoms with Crippen LogP contribution in [0.1, 0.15) is 87.7 Å². The number of nitrogens with zero attached hydrogens (tertiary/aromatic N) is 2. The Morgan fingerprint density at radius 3 is 1.29 bits per heavy atom. The van der Waals surface area contributed by atoms with Crippen LogP contribution in [0.4, 0.5) is 28.4 Å². The molecule has 0 amide bonds. The van der Waals surface area contributed by atoms with Crippen LogP contribution in [-0.2, 0) is 23.7 Å². The standard InChI is InChI=1S/C90H66N2/c1-5-29-65(30-6-1)89(66-31-7-2-8-32-66)79-39-19-17-37-71(79)73-49-45-63(55-81(73)89)87-75-51-47-70(92-85-43-23-15-27-61(85)54-62-28-16-24-44-86(62)92)58-78(75)88(76-52-48-69(57-77(76)87)91-83-41-21-13-25-59(83)53-60-26-14-22-42-84(60)91)64-46-50-74-72-38-18-20-40-80(72)90(82(74)56-64,67-33-9-3-10-34-67)68-35-11-4-12-36-68/h1,3,5-7,9-11,13-47,49-52,55-58,69H,2,4,8,12,48,53-54H2. The summed E-state index contributed by atoms with van der Waals surface area (Å²) in [5.74, 6) is 0. The molecule has 0 radical (unpaired) electrons. The zero-order chi connectivity index (χ0) is 60.5. The summed E-state index contributed by atoms with van der Waals surface area (Å²) < 4.78 is 0. The molecular formula is C90H66N2. The van der Waals surface area contributed by atoms with Gasteiger partial charge in [-0.1, -0.05) is 261 Å². The molecule has 12 aromatic rings. The predicted molar refractivity (Wildman–Crippen MR) is 383 cm³/mol. The normalized spacial score (nSPS) is 19.2. The highest BCUT2D eigenvalue weighted by molar-refractivity contribution is 6.09. The zero-order valence-electron chi connectivity index (χ0n) is 51.4. The summed E-state index contributed by atoms with van der Waals surface area (Å²) in [6.07, 6.45) is 26.8. The highest BCUT2D eigenvalue weighted by Crippen LogP contribution is 2.60. The first kappa shape index (κ1) is 53.1. The van der Waals surface area contributed by atoms with Crippen molar-refractivity contribution < 1.29 is 0 Å². The Hall–Kier alpha value is -10.8. The first-order chi connectivity index (χ1) is 45.6. The summed E-state index contributed by atoms with van der Waals surface area (Å²) in [4.78, 5) is 5.21. The molecule has 2 nitrogen and oxygen atoms in total. The van der Waals surface area contributed by atoms with Gasteiger partial charge in [0.1, 0.15) is 0 Å². The van der Waals surface area contributed by atoms with Crippen LogP contribution in [0, 0.1) is 0 Å². The van der Waals surface area contributed by atoms with Crippen molar-refractivity contribution in [1.82, 2.24) is 0 Å². The molecule has 0 saturated heterocycles. The largest absolute Gasteiger partial charge is 0.334 e. The van der Waals surface area contributed by atoms with Crippen LogP contribution < -0.4 is 20.2 Å². The van der Waals surface area contributed by atoms with Crippen molar-refractivity contribution in [3.05, 3.63) is 375 Å². The third-order valence-corrected chi connectivity index (χ3v) is 21.5. The summed E-state index contributed by atoms with van der Waals surface area (Å²) in [6.45, 7) is 0. The molecule has 2 heterocycles. The van der Waals surface area contributed by atoms with E-state index in [0.717, 1.165) is 50.6 Å². The SMILES string of the molecule is C1=CC(C2(c3ccccc3)c3ccccc3-c3ccc(-c4c5c(c(-c6ccc7c(c6)C(C6=CCCC=C6)(c6ccccc6)c6ccccc6-7)c6cc(N7c8ccccc8Cc8ccccc87)ccc46)=CCC(N4c6ccccc6Cc6ccccc64)C=5)cc32)=CCC1. The molecule has 12 aromatic carbocycles. The first-order valence-corrected chi connectivity index (χ1v) is 33.2. The third kappa shape index (κ3) is 7.68. The molecule has 0 bridgehead atoms. The van der Waals surface area contributed by atoms with Crippen LogP contribution in [0.2, 0.25) is 0 Å². The molecule has 3 atom stereocenters. The first-order valence-electron chi connectivity index (χ1n) is 33.2. The van der Waals surface area contributed by atoms with Crippen molar-refractivity contribution in [3.8, 4) is 44.5 Å². The number of allylic oxidation sites excluding steroid dienone is 8. The van der Waals surface area contributed by atoms with Crippen molar-refractivity contribution >= 4 is 51.4 Å². The van der Waals surface area contributed by atoms with E-state index in [2.05, 4.69) is 319 Å². The lowest BCUT2D eigenvalue weighted by molar-refractivity contribution is 0.752. The van der Waals surface area contributed by atoms with Crippen molar-refractivity contribution in [1.29, 1.82) is 0 Å². The van der Waals surface area contributed by atoms with Gasteiger partial charge in [0, 0.05) is 41.3 Å². The number of anilines is 5. The van der Waals surface area contributed by atoms with Gasteiger partial charge in [0.25, 0.3) is 0 Å². The Kier molecular flexibility index (Phi) is 12.0. The minimum absolute atomic E-state index is 0.0136. The molecule has 0 fully saturated rings. The maximum Gasteiger partial charge on any atom is 0.0710 e. The van der Waals surface area contributed by atoms with Gasteiger partial charge in [-0.3, -0.25) is 0 Å². The van der Waals surface area contributed by atoms with Gasteiger partial charge in [-0.15, -0.1) is 0 Å². The molecule has 19 rings (SSSR count). The molecule has 436 valence electrons. The fourth-order valence-electron chi connectivity index (χ4n) is 17.8. The molecular weight excluding hydrogens is 1110 g/mol. The maximum absolute atomic E-state index is 2.69. The molecule has 0 N–H and O–H groups in total. The second kappa shape index (κ2) is 20.9. The number of fused-ring (bicyclic) bond motifs is 12. The van der Waals surface area contributed by atoms with E-state index in [0.29, 0.717) is 0 Å². The Morgan fingerprint density at radius 2 is 0.783 bits per heavy atom. The Balaban J connectivity index is 0.947. The third-order valence-electron chi connectivity index (χ3n) is 21.5. The van der Waals surface area contributed by atoms with E-state index in [-0.39, 0.29) is 6.04 Å². The van der Waals surface area contributed by atoms with E-state index in [1.807, 2.05) is 0 Å². The zero-order valence-corrected chi connectivity index (χ0v) is 51.4. The molecule has 7 aliphatic rings. The summed E-state index contributed by atoms with van der Waals surface area (Å²) in [5, 5.41) is 5.04. The lowest BCUT2D eigenvalue weighted by atomic mass is 9.66. The Bertz CT molecular complexity index is 5260. The summed E-state index contributed by atoms with van der Waals surface area (Å²) in [6, 6.07) is 100. The van der Waals surface area contributed by atoms with E-state index >= 15 is 0 Å². The van der Waals surface area contributed by atoms with Crippen LogP contribution >= 0.6 is 0 Å². The minimum atomic E-state index is -0.534. The predicted octanol–water partition coefficient (Wildman–Crippen LogP) is 20.8. The molecule has 0 spiro atoms. The summed E-state index contributed by atoms with van der Waals surface area (Å²) in [7, 11) is 0. The van der Waals surface area contributed by atoms with Gasteiger partial charge in [-0.05, 0) is 213 Å². The van der Waals surface area contributed by atoms with Crippen molar-refractivity contribution in [3.63, 3.8) is 0 Å². The number of rotatable bonds is 8.